The molecule has 5 nitrogen and oxygen atoms in total. The summed E-state index contributed by atoms with van der Waals surface area (Å²) in [6.45, 7) is 1.52. The number of urea groups is 1. The molecule has 1 heterocycles. The van der Waals surface area contributed by atoms with Gasteiger partial charge in [-0.05, 0) is 50.7 Å². The second-order valence-corrected chi connectivity index (χ2v) is 7.32. The SMILES string of the molecule is CSC1CCC(NC(=O)N2CCC(CCC(=O)O)CC2)C1. The summed E-state index contributed by atoms with van der Waals surface area (Å²) in [6.07, 6.45) is 8.35. The van der Waals surface area contributed by atoms with E-state index in [2.05, 4.69) is 11.6 Å². The molecule has 1 saturated carbocycles. The predicted molar refractivity (Wildman–Crippen MR) is 84.6 cm³/mol. The van der Waals surface area contributed by atoms with Crippen LogP contribution in [-0.2, 0) is 4.79 Å². The summed E-state index contributed by atoms with van der Waals surface area (Å²) in [5, 5.41) is 12.6. The minimum atomic E-state index is -0.722. The van der Waals surface area contributed by atoms with Crippen LogP contribution in [0.25, 0.3) is 0 Å². The maximum absolute atomic E-state index is 12.2. The van der Waals surface area contributed by atoms with Crippen LogP contribution in [0.4, 0.5) is 4.79 Å². The molecule has 1 saturated heterocycles. The molecule has 21 heavy (non-hydrogen) atoms. The Bertz CT molecular complexity index is 370. The zero-order valence-corrected chi connectivity index (χ0v) is 13.5. The van der Waals surface area contributed by atoms with E-state index in [1.807, 2.05) is 16.7 Å². The van der Waals surface area contributed by atoms with E-state index in [4.69, 9.17) is 5.11 Å². The Kier molecular flexibility index (Phi) is 6.21. The number of carboxylic acids is 1. The summed E-state index contributed by atoms with van der Waals surface area (Å²) in [4.78, 5) is 24.7. The van der Waals surface area contributed by atoms with Gasteiger partial charge >= 0.3 is 12.0 Å². The van der Waals surface area contributed by atoms with E-state index in [0.29, 0.717) is 17.2 Å². The zero-order chi connectivity index (χ0) is 15.2. The van der Waals surface area contributed by atoms with Crippen LogP contribution in [0.15, 0.2) is 0 Å². The molecule has 6 heteroatoms. The lowest BCUT2D eigenvalue weighted by Gasteiger charge is -2.32. The predicted octanol–water partition coefficient (Wildman–Crippen LogP) is 2.56. The van der Waals surface area contributed by atoms with Gasteiger partial charge in [-0.1, -0.05) is 0 Å². The summed E-state index contributed by atoms with van der Waals surface area (Å²) in [7, 11) is 0. The standard InChI is InChI=1S/C15H26N2O3S/c1-21-13-4-3-12(10-13)16-15(20)17-8-6-11(7-9-17)2-5-14(18)19/h11-13H,2-10H2,1H3,(H,16,20)(H,18,19). The fourth-order valence-corrected chi connectivity index (χ4v) is 4.10. The number of carboxylic acid groups (broad SMARTS) is 1. The van der Waals surface area contributed by atoms with Crippen LogP contribution in [0, 0.1) is 5.92 Å². The maximum atomic E-state index is 12.2. The van der Waals surface area contributed by atoms with Crippen LogP contribution in [0.3, 0.4) is 0 Å². The topological polar surface area (TPSA) is 69.6 Å². The molecular weight excluding hydrogens is 288 g/mol. The van der Waals surface area contributed by atoms with Crippen molar-refractivity contribution in [1.29, 1.82) is 0 Å². The minimum absolute atomic E-state index is 0.0680. The van der Waals surface area contributed by atoms with Crippen molar-refractivity contribution in [3.8, 4) is 0 Å². The molecule has 2 N–H and O–H groups in total. The van der Waals surface area contributed by atoms with Crippen LogP contribution in [0.5, 0.6) is 0 Å². The van der Waals surface area contributed by atoms with Gasteiger partial charge in [-0.2, -0.15) is 11.8 Å². The number of likely N-dealkylation sites (tertiary alicyclic amines) is 1. The summed E-state index contributed by atoms with van der Waals surface area (Å²) in [5.41, 5.74) is 0. The lowest BCUT2D eigenvalue weighted by molar-refractivity contribution is -0.137. The number of hydrogen-bond donors (Lipinski definition) is 2. The van der Waals surface area contributed by atoms with Crippen molar-refractivity contribution in [3.63, 3.8) is 0 Å². The van der Waals surface area contributed by atoms with Gasteiger partial charge in [0.25, 0.3) is 0 Å². The Morgan fingerprint density at radius 1 is 1.24 bits per heavy atom. The Balaban J connectivity index is 1.67. The van der Waals surface area contributed by atoms with Gasteiger partial charge in [0.05, 0.1) is 0 Å². The van der Waals surface area contributed by atoms with Crippen LogP contribution in [-0.4, -0.2) is 52.6 Å². The van der Waals surface area contributed by atoms with E-state index >= 15 is 0 Å². The van der Waals surface area contributed by atoms with Gasteiger partial charge < -0.3 is 15.3 Å². The van der Waals surface area contributed by atoms with Gasteiger partial charge in [0, 0.05) is 30.8 Å². The first-order chi connectivity index (χ1) is 10.1. The molecule has 0 radical (unpaired) electrons. The van der Waals surface area contributed by atoms with Gasteiger partial charge in [0.1, 0.15) is 0 Å². The van der Waals surface area contributed by atoms with Crippen LogP contribution in [0.1, 0.15) is 44.9 Å². The lowest BCUT2D eigenvalue weighted by atomic mass is 9.92. The van der Waals surface area contributed by atoms with Crippen molar-refractivity contribution in [2.45, 2.75) is 56.2 Å². The number of nitrogens with zero attached hydrogens (tertiary/aromatic N) is 1. The summed E-state index contributed by atoms with van der Waals surface area (Å²) in [5.74, 6) is -0.266. The molecule has 0 aromatic carbocycles. The number of nitrogens with one attached hydrogen (secondary N) is 1. The Labute approximate surface area is 130 Å². The van der Waals surface area contributed by atoms with Gasteiger partial charge in [-0.25, -0.2) is 4.79 Å². The molecule has 2 aliphatic rings. The van der Waals surface area contributed by atoms with Crippen molar-refractivity contribution in [2.75, 3.05) is 19.3 Å². The second-order valence-electron chi connectivity index (χ2n) is 6.18. The highest BCUT2D eigenvalue weighted by atomic mass is 32.2. The second kappa shape index (κ2) is 7.92. The average Bonchev–Trinajstić information content (AvgIpc) is 2.93. The van der Waals surface area contributed by atoms with E-state index < -0.39 is 5.97 Å². The molecule has 120 valence electrons. The zero-order valence-electron chi connectivity index (χ0n) is 12.7. The summed E-state index contributed by atoms with van der Waals surface area (Å²) < 4.78 is 0. The van der Waals surface area contributed by atoms with Gasteiger partial charge in [0.15, 0.2) is 0 Å². The molecule has 1 aliphatic carbocycles. The fourth-order valence-electron chi connectivity index (χ4n) is 3.30. The molecule has 0 aromatic heterocycles. The Hall–Kier alpha value is -0.910. The van der Waals surface area contributed by atoms with Crippen LogP contribution >= 0.6 is 11.8 Å². The first-order valence-electron chi connectivity index (χ1n) is 7.88. The largest absolute Gasteiger partial charge is 0.481 e. The number of amides is 2. The lowest BCUT2D eigenvalue weighted by Crippen LogP contribution is -2.47. The minimum Gasteiger partial charge on any atom is -0.481 e. The van der Waals surface area contributed by atoms with Crippen molar-refractivity contribution < 1.29 is 14.7 Å². The van der Waals surface area contributed by atoms with Crippen molar-refractivity contribution >= 4 is 23.8 Å². The molecule has 0 aromatic rings. The van der Waals surface area contributed by atoms with E-state index in [1.165, 1.54) is 6.42 Å². The van der Waals surface area contributed by atoms with E-state index in [9.17, 15) is 9.59 Å². The van der Waals surface area contributed by atoms with Crippen molar-refractivity contribution in [3.05, 3.63) is 0 Å². The van der Waals surface area contributed by atoms with Crippen LogP contribution in [0.2, 0.25) is 0 Å². The summed E-state index contributed by atoms with van der Waals surface area (Å²) in [6, 6.07) is 0.401. The van der Waals surface area contributed by atoms with Gasteiger partial charge in [-0.15, -0.1) is 0 Å². The molecule has 0 spiro atoms. The number of hydrogen-bond acceptors (Lipinski definition) is 3. The quantitative estimate of drug-likeness (QED) is 0.818. The number of thioether (sulfide) groups is 1. The fraction of sp³-hybridized carbons (Fsp3) is 0.867. The first kappa shape index (κ1) is 16.5. The van der Waals surface area contributed by atoms with E-state index in [1.54, 1.807) is 0 Å². The molecule has 2 atom stereocenters. The third-order valence-corrected chi connectivity index (χ3v) is 5.81. The Morgan fingerprint density at radius 2 is 1.95 bits per heavy atom. The first-order valence-corrected chi connectivity index (χ1v) is 9.17. The number of carbonyl (C=O) groups is 2. The highest BCUT2D eigenvalue weighted by Crippen LogP contribution is 2.28. The number of aliphatic carboxylic acids is 1. The maximum Gasteiger partial charge on any atom is 0.317 e. The number of carbonyl (C=O) groups excluding carboxylic acids is 1. The number of rotatable bonds is 5. The molecule has 2 fully saturated rings. The number of piperidine rings is 1. The average molecular weight is 314 g/mol. The monoisotopic (exact) mass is 314 g/mol. The van der Waals surface area contributed by atoms with Gasteiger partial charge in [-0.3, -0.25) is 4.79 Å². The van der Waals surface area contributed by atoms with Crippen molar-refractivity contribution in [2.24, 2.45) is 5.92 Å². The molecule has 1 aliphatic heterocycles. The summed E-state index contributed by atoms with van der Waals surface area (Å²) >= 11 is 1.89. The third-order valence-electron chi connectivity index (χ3n) is 4.71. The van der Waals surface area contributed by atoms with Gasteiger partial charge in [0.2, 0.25) is 0 Å². The van der Waals surface area contributed by atoms with Crippen molar-refractivity contribution in [1.82, 2.24) is 10.2 Å². The molecule has 2 rings (SSSR count). The molecule has 0 bridgehead atoms. The van der Waals surface area contributed by atoms with Crippen LogP contribution < -0.4 is 5.32 Å². The van der Waals surface area contributed by atoms with E-state index in [0.717, 1.165) is 45.2 Å². The van der Waals surface area contributed by atoms with E-state index in [-0.39, 0.29) is 12.5 Å². The highest BCUT2D eigenvalue weighted by molar-refractivity contribution is 7.99. The third kappa shape index (κ3) is 5.09. The Morgan fingerprint density at radius 3 is 2.52 bits per heavy atom. The highest BCUT2D eigenvalue weighted by Gasteiger charge is 2.28. The smallest absolute Gasteiger partial charge is 0.317 e. The molecular formula is C15H26N2O3S. The molecule has 2 unspecified atom stereocenters. The normalized spacial score (nSPS) is 26.8. The molecule has 2 amide bonds.